The number of hydrogen-bond acceptors (Lipinski definition) is 7. The maximum absolute atomic E-state index is 12.1. The van der Waals surface area contributed by atoms with Crippen molar-refractivity contribution >= 4 is 13.5 Å². The highest BCUT2D eigenvalue weighted by Crippen LogP contribution is 2.37. The van der Waals surface area contributed by atoms with E-state index in [1.54, 1.807) is 0 Å². The van der Waals surface area contributed by atoms with Crippen LogP contribution in [0.1, 0.15) is 52.4 Å². The van der Waals surface area contributed by atoms with Gasteiger partial charge < -0.3 is 19.7 Å². The number of unbranched alkanes of at least 4 members (excludes halogenated alkanes) is 4. The lowest BCUT2D eigenvalue weighted by molar-refractivity contribution is -0.158. The Kier molecular flexibility index (Phi) is 12.5. The Bertz CT molecular complexity index is 389. The summed E-state index contributed by atoms with van der Waals surface area (Å²) in [6, 6.07) is 0. The zero-order valence-electron chi connectivity index (χ0n) is 14.0. The van der Waals surface area contributed by atoms with Crippen LogP contribution in [-0.2, 0) is 23.4 Å². The third kappa shape index (κ3) is 6.81. The van der Waals surface area contributed by atoms with Gasteiger partial charge in [0.05, 0.1) is 6.61 Å². The van der Waals surface area contributed by atoms with Crippen molar-refractivity contribution in [2.45, 2.75) is 63.8 Å². The molecule has 0 saturated heterocycles. The molecular weight excluding hydrogens is 323 g/mol. The van der Waals surface area contributed by atoms with Crippen LogP contribution in [0.3, 0.4) is 0 Å². The topological polar surface area (TPSA) is 110 Å². The summed E-state index contributed by atoms with van der Waals surface area (Å²) >= 11 is 0. The molecule has 0 aliphatic rings. The average molecular weight is 352 g/mol. The minimum Gasteiger partial charge on any atom is -0.394 e. The van der Waals surface area contributed by atoms with Crippen molar-refractivity contribution in [3.05, 3.63) is 0 Å². The fourth-order valence-corrected chi connectivity index (χ4v) is 3.05. The molecule has 0 heterocycles. The highest BCUT2D eigenvalue weighted by atomic mass is 31.1. The first-order valence-corrected chi connectivity index (χ1v) is 9.33. The number of ether oxygens (including phenoxy) is 2. The van der Waals surface area contributed by atoms with Gasteiger partial charge in [0.1, 0.15) is 12.7 Å². The van der Waals surface area contributed by atoms with Gasteiger partial charge in [-0.25, -0.2) is 9.13 Å². The van der Waals surface area contributed by atoms with Gasteiger partial charge in [0.25, 0.3) is 5.34 Å². The first-order valence-electron chi connectivity index (χ1n) is 8.16. The lowest BCUT2D eigenvalue weighted by atomic mass is 10.1. The molecular formula is C15H29O7P. The monoisotopic (exact) mass is 352 g/mol. The van der Waals surface area contributed by atoms with Crippen molar-refractivity contribution in [2.75, 3.05) is 26.4 Å². The summed E-state index contributed by atoms with van der Waals surface area (Å²) in [6.07, 6.45) is 3.49. The van der Waals surface area contributed by atoms with Crippen LogP contribution in [0.2, 0.25) is 0 Å². The van der Waals surface area contributed by atoms with Crippen LogP contribution in [0.4, 0.5) is 0 Å². The van der Waals surface area contributed by atoms with E-state index >= 15 is 0 Å². The van der Waals surface area contributed by atoms with Gasteiger partial charge in [-0.05, 0) is 12.8 Å². The van der Waals surface area contributed by atoms with Crippen molar-refractivity contribution in [2.24, 2.45) is 0 Å². The van der Waals surface area contributed by atoms with Crippen LogP contribution in [0.25, 0.3) is 0 Å². The first kappa shape index (κ1) is 22.4. The quantitative estimate of drug-likeness (QED) is 0.343. The third-order valence-electron chi connectivity index (χ3n) is 3.55. The van der Waals surface area contributed by atoms with Crippen LogP contribution in [-0.4, -0.2) is 53.9 Å². The van der Waals surface area contributed by atoms with Crippen molar-refractivity contribution in [3.8, 4) is 0 Å². The SMILES string of the molecule is CCCCCOC(CO)C(OCCCCC)(C(=O)CO)P(=O)=O. The zero-order chi connectivity index (χ0) is 17.7. The van der Waals surface area contributed by atoms with Crippen molar-refractivity contribution < 1.29 is 33.6 Å². The summed E-state index contributed by atoms with van der Waals surface area (Å²) in [7, 11) is -3.40. The van der Waals surface area contributed by atoms with E-state index in [-0.39, 0.29) is 13.2 Å². The average Bonchev–Trinajstić information content (AvgIpc) is 2.55. The largest absolute Gasteiger partial charge is 0.394 e. The van der Waals surface area contributed by atoms with Gasteiger partial charge in [-0.3, -0.25) is 4.79 Å². The van der Waals surface area contributed by atoms with E-state index in [4.69, 9.17) is 14.6 Å². The Morgan fingerprint density at radius 3 is 2.04 bits per heavy atom. The van der Waals surface area contributed by atoms with E-state index in [2.05, 4.69) is 0 Å². The van der Waals surface area contributed by atoms with Gasteiger partial charge in [-0.2, -0.15) is 0 Å². The Hall–Kier alpha value is -0.590. The van der Waals surface area contributed by atoms with Gasteiger partial charge in [0, 0.05) is 13.2 Å². The highest BCUT2D eigenvalue weighted by Gasteiger charge is 2.53. The molecule has 0 fully saturated rings. The number of aliphatic hydroxyl groups excluding tert-OH is 2. The zero-order valence-corrected chi connectivity index (χ0v) is 14.9. The molecule has 8 heteroatoms. The van der Waals surface area contributed by atoms with Gasteiger partial charge in [0.2, 0.25) is 5.78 Å². The minimum atomic E-state index is -3.40. The lowest BCUT2D eigenvalue weighted by Gasteiger charge is -2.31. The van der Waals surface area contributed by atoms with Crippen molar-refractivity contribution in [3.63, 3.8) is 0 Å². The fourth-order valence-electron chi connectivity index (χ4n) is 2.19. The van der Waals surface area contributed by atoms with E-state index in [9.17, 15) is 19.0 Å². The van der Waals surface area contributed by atoms with Gasteiger partial charge in [-0.1, -0.05) is 39.5 Å². The molecule has 23 heavy (non-hydrogen) atoms. The smallest absolute Gasteiger partial charge is 0.359 e. The Balaban J connectivity index is 5.19. The summed E-state index contributed by atoms with van der Waals surface area (Å²) in [5, 5.41) is 16.3. The summed E-state index contributed by atoms with van der Waals surface area (Å²) < 4.78 is 34.3. The number of rotatable bonds is 15. The molecule has 0 amide bonds. The van der Waals surface area contributed by atoms with E-state index in [0.29, 0.717) is 12.8 Å². The molecule has 0 rings (SSSR count). The summed E-state index contributed by atoms with van der Waals surface area (Å²) in [5.74, 6) is -1.01. The fraction of sp³-hybridized carbons (Fsp3) is 0.933. The Morgan fingerprint density at radius 1 is 1.04 bits per heavy atom. The van der Waals surface area contributed by atoms with Crippen LogP contribution in [0, 0.1) is 0 Å². The minimum absolute atomic E-state index is 0.0394. The summed E-state index contributed by atoms with van der Waals surface area (Å²) in [5.41, 5.74) is 0. The van der Waals surface area contributed by atoms with Crippen molar-refractivity contribution in [1.82, 2.24) is 0 Å². The number of aliphatic hydroxyl groups is 2. The molecule has 0 aromatic rings. The predicted molar refractivity (Wildman–Crippen MR) is 84.9 cm³/mol. The van der Waals surface area contributed by atoms with Gasteiger partial charge in [0.15, 0.2) is 0 Å². The number of carbonyl (C=O) groups excluding carboxylic acids is 1. The first-order chi connectivity index (χ1) is 11.0. The molecule has 136 valence electrons. The molecule has 0 bridgehead atoms. The van der Waals surface area contributed by atoms with E-state index in [0.717, 1.165) is 25.7 Å². The molecule has 7 nitrogen and oxygen atoms in total. The standard InChI is InChI=1S/C15H29O7P/c1-3-5-7-9-21-14(12-17)15(23(19)20,13(18)11-16)22-10-8-6-4-2/h14,16-17H,3-12H2,1-2H3. The normalized spacial score (nSPS) is 15.1. The van der Waals surface area contributed by atoms with Gasteiger partial charge in [-0.15, -0.1) is 0 Å². The van der Waals surface area contributed by atoms with Crippen LogP contribution in [0.15, 0.2) is 0 Å². The van der Waals surface area contributed by atoms with Crippen LogP contribution in [0.5, 0.6) is 0 Å². The molecule has 0 aromatic heterocycles. The Morgan fingerprint density at radius 2 is 1.61 bits per heavy atom. The molecule has 2 unspecified atom stereocenters. The Labute approximate surface area is 138 Å². The molecule has 0 aliphatic carbocycles. The second-order valence-corrected chi connectivity index (χ2v) is 6.52. The molecule has 0 saturated carbocycles. The van der Waals surface area contributed by atoms with Crippen LogP contribution < -0.4 is 0 Å². The lowest BCUT2D eigenvalue weighted by Crippen LogP contribution is -2.52. The second kappa shape index (κ2) is 12.8. The molecule has 0 spiro atoms. The van der Waals surface area contributed by atoms with E-state index in [1.165, 1.54) is 0 Å². The number of carbonyl (C=O) groups is 1. The van der Waals surface area contributed by atoms with Gasteiger partial charge >= 0.3 is 7.68 Å². The highest BCUT2D eigenvalue weighted by molar-refractivity contribution is 7.34. The third-order valence-corrected chi connectivity index (χ3v) is 4.76. The summed E-state index contributed by atoms with van der Waals surface area (Å²) in [6.45, 7) is 2.56. The number of Topliss-reactive ketones (excluding diaryl/α,β-unsaturated/α-hetero) is 1. The summed E-state index contributed by atoms with van der Waals surface area (Å²) in [4.78, 5) is 12.1. The van der Waals surface area contributed by atoms with E-state index in [1.807, 2.05) is 13.8 Å². The molecule has 2 atom stereocenters. The maximum Gasteiger partial charge on any atom is 0.359 e. The number of ketones is 1. The van der Waals surface area contributed by atoms with Crippen LogP contribution >= 0.6 is 7.68 Å². The molecule has 0 aromatic carbocycles. The maximum atomic E-state index is 12.1. The predicted octanol–water partition coefficient (Wildman–Crippen LogP) is 2.19. The van der Waals surface area contributed by atoms with E-state index < -0.39 is 38.1 Å². The van der Waals surface area contributed by atoms with Crippen molar-refractivity contribution in [1.29, 1.82) is 0 Å². The second-order valence-electron chi connectivity index (χ2n) is 5.34. The molecule has 2 N–H and O–H groups in total. The molecule has 0 aliphatic heterocycles. The molecule has 0 radical (unpaired) electrons. The number of hydrogen-bond donors (Lipinski definition) is 2.